The van der Waals surface area contributed by atoms with Crippen LogP contribution in [0, 0.1) is 10.1 Å². The maximum Gasteiger partial charge on any atom is 0.337 e. The lowest BCUT2D eigenvalue weighted by atomic mass is 9.80. The molecule has 0 spiro atoms. The second-order valence-corrected chi connectivity index (χ2v) is 9.26. The van der Waals surface area contributed by atoms with Gasteiger partial charge in [0.05, 0.1) is 29.1 Å². The molecule has 0 fully saturated rings. The largest absolute Gasteiger partial charge is 0.466 e. The van der Waals surface area contributed by atoms with E-state index in [4.69, 9.17) is 9.47 Å². The Morgan fingerprint density at radius 1 is 1.00 bits per heavy atom. The number of nitrogens with one attached hydrogen (secondary N) is 1. The lowest BCUT2D eigenvalue weighted by Gasteiger charge is -2.30. The number of nitro groups is 1. The Balaban J connectivity index is 1.50. The van der Waals surface area contributed by atoms with E-state index in [-0.39, 0.29) is 23.4 Å². The van der Waals surface area contributed by atoms with Gasteiger partial charge < -0.3 is 14.8 Å². The average molecular weight is 540 g/mol. The highest BCUT2D eigenvalue weighted by molar-refractivity contribution is 6.00. The lowest BCUT2D eigenvalue weighted by molar-refractivity contribution is -0.384. The van der Waals surface area contributed by atoms with Gasteiger partial charge in [0.2, 0.25) is 0 Å². The minimum Gasteiger partial charge on any atom is -0.466 e. The van der Waals surface area contributed by atoms with Crippen molar-refractivity contribution in [2.75, 3.05) is 13.7 Å². The van der Waals surface area contributed by atoms with Gasteiger partial charge in [-0.25, -0.2) is 9.59 Å². The van der Waals surface area contributed by atoms with Crippen molar-refractivity contribution in [1.82, 2.24) is 10.3 Å². The molecule has 1 aliphatic rings. The summed E-state index contributed by atoms with van der Waals surface area (Å²) in [6.45, 7) is 3.37. The fourth-order valence-electron chi connectivity index (χ4n) is 4.67. The number of ether oxygens (including phenoxy) is 2. The van der Waals surface area contributed by atoms with Crippen molar-refractivity contribution in [2.45, 2.75) is 26.2 Å². The van der Waals surface area contributed by atoms with Gasteiger partial charge in [-0.2, -0.15) is 0 Å². The van der Waals surface area contributed by atoms with Crippen LogP contribution in [0.3, 0.4) is 0 Å². The Morgan fingerprint density at radius 2 is 1.73 bits per heavy atom. The summed E-state index contributed by atoms with van der Waals surface area (Å²) in [5, 5.41) is 14.5. The van der Waals surface area contributed by atoms with Crippen molar-refractivity contribution in [3.8, 4) is 0 Å². The molecule has 40 heavy (non-hydrogen) atoms. The number of carbonyl (C=O) groups is 2. The van der Waals surface area contributed by atoms with Crippen LogP contribution in [0.1, 0.15) is 42.0 Å². The number of nitro benzene ring substituents is 1. The van der Waals surface area contributed by atoms with Crippen LogP contribution in [0.4, 0.5) is 5.69 Å². The van der Waals surface area contributed by atoms with Gasteiger partial charge in [-0.15, -0.1) is 0 Å². The molecule has 1 N–H and O–H groups in total. The van der Waals surface area contributed by atoms with Gasteiger partial charge in [-0.1, -0.05) is 48.5 Å². The summed E-state index contributed by atoms with van der Waals surface area (Å²) in [5.74, 6) is -2.20. The number of rotatable bonds is 9. The van der Waals surface area contributed by atoms with E-state index in [9.17, 15) is 19.7 Å². The summed E-state index contributed by atoms with van der Waals surface area (Å²) in [4.78, 5) is 41.1. The van der Waals surface area contributed by atoms with Gasteiger partial charge in [0.25, 0.3) is 5.69 Å². The maximum absolute atomic E-state index is 13.3. The summed E-state index contributed by atoms with van der Waals surface area (Å²) in [6.07, 6.45) is 7.95. The Morgan fingerprint density at radius 3 is 2.38 bits per heavy atom. The van der Waals surface area contributed by atoms with Crippen molar-refractivity contribution in [3.05, 3.63) is 134 Å². The molecule has 0 saturated carbocycles. The number of nitrogens with zero attached hydrogens (tertiary/aromatic N) is 2. The molecule has 3 aromatic rings. The molecule has 0 bridgehead atoms. The minimum absolute atomic E-state index is 0.00897. The molecule has 1 atom stereocenters. The Bertz CT molecular complexity index is 1510. The number of carbonyl (C=O) groups excluding carboxylic acids is 2. The van der Waals surface area contributed by atoms with Crippen molar-refractivity contribution in [1.29, 1.82) is 0 Å². The SMILES string of the molecule is COC(=O)C1=C(C)NC(C)=C(C(=O)OC/C=C/c2ccc(Cc3cccnc3)cc2)C1c1cccc([N+](=O)[O-])c1. The first-order valence-electron chi connectivity index (χ1n) is 12.6. The van der Waals surface area contributed by atoms with Crippen LogP contribution in [0.15, 0.2) is 102 Å². The van der Waals surface area contributed by atoms with Crippen LogP contribution in [0.5, 0.6) is 0 Å². The number of methoxy groups -OCH3 is 1. The number of dihydropyridines is 1. The van der Waals surface area contributed by atoms with Gasteiger partial charge in [-0.3, -0.25) is 15.1 Å². The van der Waals surface area contributed by atoms with Crippen LogP contribution < -0.4 is 5.32 Å². The standard InChI is InChI=1S/C31H29N3O6/c1-20-27(30(35)39-3)29(25-9-4-10-26(18-25)34(37)38)28(21(2)33-20)31(36)40-16-6-8-22-11-13-23(14-12-22)17-24-7-5-15-32-19-24/h4-15,18-19,29,33H,16-17H2,1-3H3/b8-6+. The van der Waals surface area contributed by atoms with Gasteiger partial charge in [-0.05, 0) is 54.7 Å². The Labute approximate surface area is 232 Å². The third-order valence-corrected chi connectivity index (χ3v) is 6.53. The summed E-state index contributed by atoms with van der Waals surface area (Å²) in [6, 6.07) is 17.8. The summed E-state index contributed by atoms with van der Waals surface area (Å²) < 4.78 is 10.5. The normalized spacial score (nSPS) is 15.1. The molecule has 0 radical (unpaired) electrons. The van der Waals surface area contributed by atoms with E-state index >= 15 is 0 Å². The van der Waals surface area contributed by atoms with Crippen LogP contribution in [-0.2, 0) is 25.5 Å². The quantitative estimate of drug-likeness (QED) is 0.223. The molecule has 9 nitrogen and oxygen atoms in total. The van der Waals surface area contributed by atoms with E-state index in [2.05, 4.69) is 10.3 Å². The maximum atomic E-state index is 13.3. The molecule has 0 saturated heterocycles. The first-order chi connectivity index (χ1) is 19.3. The van der Waals surface area contributed by atoms with Crippen molar-refractivity contribution < 1.29 is 24.0 Å². The molecule has 9 heteroatoms. The zero-order valence-electron chi connectivity index (χ0n) is 22.4. The predicted molar refractivity (Wildman–Crippen MR) is 150 cm³/mol. The van der Waals surface area contributed by atoms with Gasteiger partial charge in [0.15, 0.2) is 0 Å². The molecule has 204 valence electrons. The van der Waals surface area contributed by atoms with Crippen LogP contribution in [-0.4, -0.2) is 35.6 Å². The van der Waals surface area contributed by atoms with E-state index in [1.54, 1.807) is 32.2 Å². The van der Waals surface area contributed by atoms with Crippen LogP contribution in [0.2, 0.25) is 0 Å². The van der Waals surface area contributed by atoms with Gasteiger partial charge in [0.1, 0.15) is 6.61 Å². The van der Waals surface area contributed by atoms with E-state index in [0.717, 1.165) is 23.1 Å². The minimum atomic E-state index is -0.905. The number of allylic oxidation sites excluding steroid dienone is 2. The number of hydrogen-bond acceptors (Lipinski definition) is 8. The smallest absolute Gasteiger partial charge is 0.337 e. The zero-order valence-corrected chi connectivity index (χ0v) is 22.4. The molecule has 4 rings (SSSR count). The number of hydrogen-bond donors (Lipinski definition) is 1. The fourth-order valence-corrected chi connectivity index (χ4v) is 4.67. The second-order valence-electron chi connectivity index (χ2n) is 9.26. The highest BCUT2D eigenvalue weighted by Gasteiger charge is 2.38. The number of esters is 2. The number of benzene rings is 2. The third-order valence-electron chi connectivity index (χ3n) is 6.53. The number of non-ortho nitro benzene ring substituents is 1. The van der Waals surface area contributed by atoms with Crippen LogP contribution in [0.25, 0.3) is 6.08 Å². The van der Waals surface area contributed by atoms with E-state index in [1.807, 2.05) is 48.7 Å². The Hall–Kier alpha value is -5.05. The highest BCUT2D eigenvalue weighted by atomic mass is 16.6. The molecule has 1 unspecified atom stereocenters. The lowest BCUT2D eigenvalue weighted by Crippen LogP contribution is -2.32. The molecular formula is C31H29N3O6. The third kappa shape index (κ3) is 6.50. The second kappa shape index (κ2) is 12.7. The summed E-state index contributed by atoms with van der Waals surface area (Å²) in [5.41, 5.74) is 4.82. The number of pyridine rings is 1. The van der Waals surface area contributed by atoms with E-state index in [0.29, 0.717) is 17.0 Å². The van der Waals surface area contributed by atoms with Gasteiger partial charge in [0, 0.05) is 35.9 Å². The van der Waals surface area contributed by atoms with Crippen molar-refractivity contribution >= 4 is 23.7 Å². The molecule has 1 aliphatic heterocycles. The first-order valence-corrected chi connectivity index (χ1v) is 12.6. The van der Waals surface area contributed by atoms with Crippen LogP contribution >= 0.6 is 0 Å². The molecule has 1 aromatic heterocycles. The molecule has 0 amide bonds. The molecule has 2 aromatic carbocycles. The highest BCUT2D eigenvalue weighted by Crippen LogP contribution is 2.40. The first kappa shape index (κ1) is 28.0. The topological polar surface area (TPSA) is 121 Å². The number of aromatic nitrogens is 1. The fraction of sp³-hybridized carbons (Fsp3) is 0.194. The molecular weight excluding hydrogens is 510 g/mol. The average Bonchev–Trinajstić information content (AvgIpc) is 2.96. The Kier molecular flexibility index (Phi) is 8.86. The monoisotopic (exact) mass is 539 g/mol. The summed E-state index contributed by atoms with van der Waals surface area (Å²) >= 11 is 0. The van der Waals surface area contributed by atoms with E-state index < -0.39 is 22.8 Å². The zero-order chi connectivity index (χ0) is 28.6. The molecule has 0 aliphatic carbocycles. The van der Waals surface area contributed by atoms with Crippen molar-refractivity contribution in [3.63, 3.8) is 0 Å². The summed E-state index contributed by atoms with van der Waals surface area (Å²) in [7, 11) is 1.24. The van der Waals surface area contributed by atoms with Gasteiger partial charge >= 0.3 is 11.9 Å². The molecule has 2 heterocycles. The predicted octanol–water partition coefficient (Wildman–Crippen LogP) is 5.25. The van der Waals surface area contributed by atoms with E-state index in [1.165, 1.54) is 25.3 Å². The van der Waals surface area contributed by atoms with Crippen molar-refractivity contribution in [2.24, 2.45) is 0 Å².